The number of carbonyl (C=O) groups is 2. The van der Waals surface area contributed by atoms with Crippen LogP contribution in [-0.4, -0.2) is 103 Å². The van der Waals surface area contributed by atoms with Crippen molar-refractivity contribution >= 4 is 22.0 Å². The number of carboxylic acids is 2. The van der Waals surface area contributed by atoms with Crippen LogP contribution in [0.5, 0.6) is 0 Å². The Bertz CT molecular complexity index is 1030. The number of rotatable bonds is 5. The van der Waals surface area contributed by atoms with Gasteiger partial charge in [-0.15, -0.1) is 0 Å². The number of nitrogens with zero attached hydrogens (tertiary/aromatic N) is 3. The number of piperidine rings is 1. The maximum Gasteiger partial charge on any atom is 0.490 e. The Hall–Kier alpha value is -2.50. The fraction of sp³-hybridized carbons (Fsp3) is 0.667. The SMILES string of the molecule is CO[C@@H]1CCN(S(=O)(=O)c2cccnc2)[C@@H]2CN(CC3CC3)C[C@@H]21.O=C(O)C(F)(F)F.O=C(O)C(F)(F)F. The van der Waals surface area contributed by atoms with Crippen LogP contribution in [0.3, 0.4) is 0 Å². The maximum atomic E-state index is 13.1. The third-order valence-electron chi connectivity index (χ3n) is 6.13. The molecule has 2 aliphatic heterocycles. The molecule has 3 fully saturated rings. The third kappa shape index (κ3) is 8.78. The molecule has 1 aromatic heterocycles. The molecular weight excluding hydrogens is 552 g/mol. The molecule has 3 heterocycles. The number of carboxylic acid groups (broad SMARTS) is 2. The van der Waals surface area contributed by atoms with Crippen LogP contribution < -0.4 is 0 Å². The Morgan fingerprint density at radius 2 is 1.61 bits per heavy atom. The first-order valence-electron chi connectivity index (χ1n) is 11.3. The molecule has 0 bridgehead atoms. The van der Waals surface area contributed by atoms with E-state index in [-0.39, 0.29) is 18.1 Å². The minimum atomic E-state index is -5.08. The molecule has 17 heteroatoms. The van der Waals surface area contributed by atoms with Crippen LogP contribution in [0.25, 0.3) is 0 Å². The van der Waals surface area contributed by atoms with Crippen LogP contribution in [0.2, 0.25) is 0 Å². The molecule has 2 N–H and O–H groups in total. The number of aromatic nitrogens is 1. The minimum absolute atomic E-state index is 0.00709. The molecule has 0 spiro atoms. The Kier molecular flexibility index (Phi) is 10.5. The van der Waals surface area contributed by atoms with E-state index in [9.17, 15) is 34.8 Å². The van der Waals surface area contributed by atoms with Gasteiger partial charge in [0.25, 0.3) is 0 Å². The highest BCUT2D eigenvalue weighted by molar-refractivity contribution is 7.89. The number of ether oxygens (including phenoxy) is 1. The lowest BCUT2D eigenvalue weighted by Gasteiger charge is -2.40. The highest BCUT2D eigenvalue weighted by atomic mass is 32.2. The fourth-order valence-electron chi connectivity index (χ4n) is 4.24. The van der Waals surface area contributed by atoms with E-state index in [0.717, 1.165) is 32.0 Å². The average Bonchev–Trinajstić information content (AvgIpc) is 3.53. The normalized spacial score (nSPS) is 24.3. The highest BCUT2D eigenvalue weighted by Gasteiger charge is 2.49. The number of likely N-dealkylation sites (tertiary alicyclic amines) is 1. The predicted molar refractivity (Wildman–Crippen MR) is 117 cm³/mol. The molecule has 0 amide bonds. The first kappa shape index (κ1) is 31.7. The number of sulfonamides is 1. The van der Waals surface area contributed by atoms with E-state index in [1.165, 1.54) is 19.0 Å². The Balaban J connectivity index is 0.000000301. The van der Waals surface area contributed by atoms with Gasteiger partial charge in [0.05, 0.1) is 6.10 Å². The molecule has 2 saturated heterocycles. The molecule has 38 heavy (non-hydrogen) atoms. The van der Waals surface area contributed by atoms with Crippen LogP contribution in [0.15, 0.2) is 29.4 Å². The smallest absolute Gasteiger partial charge is 0.475 e. The van der Waals surface area contributed by atoms with E-state index in [4.69, 9.17) is 24.5 Å². The van der Waals surface area contributed by atoms with Gasteiger partial charge >= 0.3 is 24.3 Å². The Morgan fingerprint density at radius 1 is 1.05 bits per heavy atom. The van der Waals surface area contributed by atoms with Crippen LogP contribution in [-0.2, 0) is 24.3 Å². The molecule has 0 radical (unpaired) electrons. The van der Waals surface area contributed by atoms with E-state index in [0.29, 0.717) is 11.4 Å². The first-order chi connectivity index (χ1) is 17.5. The standard InChI is InChI=1S/C17H25N3O3S.2C2HF3O2/c1-23-17-6-8-20(24(21,22)14-3-2-7-18-9-14)16-12-19(11-15(16)17)10-13-4-5-13;2*3-2(4,5)1(6)7/h2-3,7,9,13,15-17H,4-6,8,10-12H2,1H3;2*(H,6,7)/t15-,16+,17+;;/m0../s1. The highest BCUT2D eigenvalue weighted by Crippen LogP contribution is 2.38. The number of hydrogen-bond acceptors (Lipinski definition) is 7. The van der Waals surface area contributed by atoms with E-state index in [2.05, 4.69) is 9.88 Å². The van der Waals surface area contributed by atoms with Crippen LogP contribution in [0.1, 0.15) is 19.3 Å². The molecule has 216 valence electrons. The minimum Gasteiger partial charge on any atom is -0.475 e. The second-order valence-electron chi connectivity index (χ2n) is 8.87. The van der Waals surface area contributed by atoms with Gasteiger partial charge in [-0.2, -0.15) is 30.6 Å². The zero-order valence-corrected chi connectivity index (χ0v) is 20.8. The number of hydrogen-bond donors (Lipinski definition) is 2. The van der Waals surface area contributed by atoms with E-state index in [1.807, 2.05) is 0 Å². The number of aliphatic carboxylic acids is 2. The van der Waals surface area contributed by atoms with E-state index < -0.39 is 34.3 Å². The van der Waals surface area contributed by atoms with Gasteiger partial charge in [-0.05, 0) is 37.3 Å². The lowest BCUT2D eigenvalue weighted by molar-refractivity contribution is -0.193. The van der Waals surface area contributed by atoms with Gasteiger partial charge in [0.2, 0.25) is 10.0 Å². The average molecular weight is 580 g/mol. The molecule has 0 unspecified atom stereocenters. The van der Waals surface area contributed by atoms with Gasteiger partial charge in [-0.1, -0.05) is 0 Å². The van der Waals surface area contributed by atoms with Crippen LogP contribution in [0, 0.1) is 11.8 Å². The molecule has 1 saturated carbocycles. The van der Waals surface area contributed by atoms with Crippen molar-refractivity contribution in [2.75, 3.05) is 33.3 Å². The Morgan fingerprint density at radius 3 is 2.03 bits per heavy atom. The number of pyridine rings is 1. The number of methoxy groups -OCH3 is 1. The molecule has 0 aromatic carbocycles. The van der Waals surface area contributed by atoms with Gasteiger partial charge in [0, 0.05) is 57.6 Å². The summed E-state index contributed by atoms with van der Waals surface area (Å²) in [5, 5.41) is 14.2. The van der Waals surface area contributed by atoms with Gasteiger partial charge < -0.3 is 19.8 Å². The number of alkyl halides is 6. The molecule has 1 aromatic rings. The van der Waals surface area contributed by atoms with Crippen molar-refractivity contribution in [3.05, 3.63) is 24.5 Å². The lowest BCUT2D eigenvalue weighted by atomic mass is 9.91. The van der Waals surface area contributed by atoms with Crippen LogP contribution >= 0.6 is 0 Å². The maximum absolute atomic E-state index is 13.1. The van der Waals surface area contributed by atoms with Gasteiger partial charge in [0.1, 0.15) is 4.90 Å². The second kappa shape index (κ2) is 12.6. The van der Waals surface area contributed by atoms with Crippen molar-refractivity contribution < 1.29 is 59.3 Å². The van der Waals surface area contributed by atoms with E-state index >= 15 is 0 Å². The van der Waals surface area contributed by atoms with Crippen molar-refractivity contribution in [2.24, 2.45) is 11.8 Å². The summed E-state index contributed by atoms with van der Waals surface area (Å²) in [6.07, 6.45) is -3.57. The molecule has 4 rings (SSSR count). The second-order valence-corrected chi connectivity index (χ2v) is 10.8. The monoisotopic (exact) mass is 579 g/mol. The zero-order chi connectivity index (χ0) is 28.9. The number of fused-ring (bicyclic) bond motifs is 1. The Labute approximate surface area is 214 Å². The topological polar surface area (TPSA) is 137 Å². The van der Waals surface area contributed by atoms with Gasteiger partial charge in [0.15, 0.2) is 0 Å². The number of halogens is 6. The van der Waals surface area contributed by atoms with Crippen molar-refractivity contribution in [2.45, 2.75) is 48.7 Å². The van der Waals surface area contributed by atoms with E-state index in [1.54, 1.807) is 29.7 Å². The summed E-state index contributed by atoms with van der Waals surface area (Å²) in [6.45, 7) is 3.39. The van der Waals surface area contributed by atoms with Crippen molar-refractivity contribution in [3.8, 4) is 0 Å². The summed E-state index contributed by atoms with van der Waals surface area (Å²) in [4.78, 5) is 24.5. The summed E-state index contributed by atoms with van der Waals surface area (Å²) in [5.41, 5.74) is 0. The van der Waals surface area contributed by atoms with Crippen molar-refractivity contribution in [1.29, 1.82) is 0 Å². The largest absolute Gasteiger partial charge is 0.490 e. The molecular formula is C21H27F6N3O7S. The molecule has 3 aliphatic rings. The van der Waals surface area contributed by atoms with Crippen LogP contribution in [0.4, 0.5) is 26.3 Å². The third-order valence-corrected chi connectivity index (χ3v) is 8.04. The molecule has 10 nitrogen and oxygen atoms in total. The summed E-state index contributed by atoms with van der Waals surface area (Å²) in [5.74, 6) is -4.44. The first-order valence-corrected chi connectivity index (χ1v) is 12.7. The predicted octanol–water partition coefficient (Wildman–Crippen LogP) is 2.47. The molecule has 3 atom stereocenters. The fourth-order valence-corrected chi connectivity index (χ4v) is 5.88. The van der Waals surface area contributed by atoms with Gasteiger partial charge in [-0.3, -0.25) is 4.98 Å². The van der Waals surface area contributed by atoms with Gasteiger partial charge in [-0.25, -0.2) is 18.0 Å². The summed E-state index contributed by atoms with van der Waals surface area (Å²) >= 11 is 0. The quantitative estimate of drug-likeness (QED) is 0.504. The summed E-state index contributed by atoms with van der Waals surface area (Å²) in [6, 6.07) is 3.32. The zero-order valence-electron chi connectivity index (χ0n) is 20.0. The van der Waals surface area contributed by atoms with Crippen molar-refractivity contribution in [3.63, 3.8) is 0 Å². The summed E-state index contributed by atoms with van der Waals surface area (Å²) in [7, 11) is -1.75. The molecule has 1 aliphatic carbocycles. The van der Waals surface area contributed by atoms with Crippen molar-refractivity contribution in [1.82, 2.24) is 14.2 Å². The summed E-state index contributed by atoms with van der Waals surface area (Å²) < 4.78 is 97.0. The lowest BCUT2D eigenvalue weighted by Crippen LogP contribution is -2.53.